The van der Waals surface area contributed by atoms with E-state index in [-0.39, 0.29) is 18.3 Å². The van der Waals surface area contributed by atoms with E-state index in [0.29, 0.717) is 5.69 Å². The number of aliphatic hydroxyl groups is 1. The molecule has 0 radical (unpaired) electrons. The fourth-order valence-electron chi connectivity index (χ4n) is 2.80. The van der Waals surface area contributed by atoms with Crippen LogP contribution in [0.25, 0.3) is 11.3 Å². The molecule has 1 aromatic carbocycles. The predicted octanol–water partition coefficient (Wildman–Crippen LogP) is 2.38. The maximum atomic E-state index is 12.3. The van der Waals surface area contributed by atoms with Crippen LogP contribution in [0.15, 0.2) is 40.9 Å². The van der Waals surface area contributed by atoms with Crippen molar-refractivity contribution in [1.29, 1.82) is 0 Å². The molecule has 1 heterocycles. The Labute approximate surface area is 123 Å². The lowest BCUT2D eigenvalue weighted by Crippen LogP contribution is -2.49. The number of benzene rings is 1. The van der Waals surface area contributed by atoms with E-state index in [0.717, 1.165) is 31.2 Å². The highest BCUT2D eigenvalue weighted by Gasteiger charge is 2.35. The van der Waals surface area contributed by atoms with Gasteiger partial charge in [0.1, 0.15) is 5.69 Å². The van der Waals surface area contributed by atoms with Crippen LogP contribution in [0.2, 0.25) is 0 Å². The zero-order valence-electron chi connectivity index (χ0n) is 11.7. The molecule has 2 aromatic rings. The first-order valence-electron chi connectivity index (χ1n) is 7.18. The lowest BCUT2D eigenvalue weighted by Gasteiger charge is -2.27. The summed E-state index contributed by atoms with van der Waals surface area (Å²) in [6.45, 7) is -0.0432. The molecule has 1 fully saturated rings. The Morgan fingerprint density at radius 1 is 1.29 bits per heavy atom. The Kier molecular flexibility index (Phi) is 3.75. The van der Waals surface area contributed by atoms with E-state index in [1.807, 2.05) is 30.3 Å². The van der Waals surface area contributed by atoms with Gasteiger partial charge in [-0.05, 0) is 12.8 Å². The van der Waals surface area contributed by atoms with Gasteiger partial charge in [-0.25, -0.2) is 0 Å². The summed E-state index contributed by atoms with van der Waals surface area (Å²) in [4.78, 5) is 12.3. The molecule has 0 spiro atoms. The van der Waals surface area contributed by atoms with Gasteiger partial charge in [0.25, 0.3) is 5.91 Å². The summed E-state index contributed by atoms with van der Waals surface area (Å²) >= 11 is 0. The summed E-state index contributed by atoms with van der Waals surface area (Å²) in [6, 6.07) is 11.2. The lowest BCUT2D eigenvalue weighted by molar-refractivity contribution is 0.0802. The van der Waals surface area contributed by atoms with Crippen LogP contribution in [-0.2, 0) is 0 Å². The molecule has 0 saturated heterocycles. The highest BCUT2D eigenvalue weighted by atomic mass is 16.5. The van der Waals surface area contributed by atoms with Crippen molar-refractivity contribution in [3.63, 3.8) is 0 Å². The zero-order valence-corrected chi connectivity index (χ0v) is 11.7. The van der Waals surface area contributed by atoms with Crippen LogP contribution in [-0.4, -0.2) is 28.3 Å². The largest absolute Gasteiger partial charge is 0.394 e. The molecule has 0 atom stereocenters. The molecule has 21 heavy (non-hydrogen) atoms. The van der Waals surface area contributed by atoms with Crippen LogP contribution in [0.3, 0.4) is 0 Å². The molecular weight excluding hydrogens is 268 g/mol. The van der Waals surface area contributed by atoms with Gasteiger partial charge in [0.05, 0.1) is 12.1 Å². The SMILES string of the molecule is O=C(NC1(CO)CCCC1)c1cc(-c2ccccc2)no1. The molecule has 1 saturated carbocycles. The van der Waals surface area contributed by atoms with Gasteiger partial charge in [0.15, 0.2) is 0 Å². The quantitative estimate of drug-likeness (QED) is 0.904. The lowest BCUT2D eigenvalue weighted by atomic mass is 9.99. The van der Waals surface area contributed by atoms with E-state index in [1.165, 1.54) is 0 Å². The molecule has 110 valence electrons. The Morgan fingerprint density at radius 2 is 2.00 bits per heavy atom. The summed E-state index contributed by atoms with van der Waals surface area (Å²) in [6.07, 6.45) is 3.64. The normalized spacial score (nSPS) is 16.8. The molecule has 5 heteroatoms. The molecule has 1 aliphatic rings. The third kappa shape index (κ3) is 2.83. The Balaban J connectivity index is 1.75. The highest BCUT2D eigenvalue weighted by Crippen LogP contribution is 2.29. The first-order valence-corrected chi connectivity index (χ1v) is 7.18. The average Bonchev–Trinajstić information content (AvgIpc) is 3.18. The van der Waals surface area contributed by atoms with E-state index < -0.39 is 5.54 Å². The number of amides is 1. The van der Waals surface area contributed by atoms with E-state index in [9.17, 15) is 9.90 Å². The molecular formula is C16H18N2O3. The maximum Gasteiger partial charge on any atom is 0.290 e. The predicted molar refractivity (Wildman–Crippen MR) is 77.7 cm³/mol. The number of carbonyl (C=O) groups excluding carboxylic acids is 1. The van der Waals surface area contributed by atoms with Crippen molar-refractivity contribution in [2.24, 2.45) is 0 Å². The molecule has 5 nitrogen and oxygen atoms in total. The minimum absolute atomic E-state index is 0.0432. The topological polar surface area (TPSA) is 75.4 Å². The molecule has 0 unspecified atom stereocenters. The van der Waals surface area contributed by atoms with Crippen LogP contribution in [0.4, 0.5) is 0 Å². The minimum Gasteiger partial charge on any atom is -0.394 e. The van der Waals surface area contributed by atoms with Crippen LogP contribution in [0.5, 0.6) is 0 Å². The standard InChI is InChI=1S/C16H18N2O3/c19-11-16(8-4-5-9-16)17-15(20)14-10-13(18-21-14)12-6-2-1-3-7-12/h1-3,6-7,10,19H,4-5,8-9,11H2,(H,17,20). The van der Waals surface area contributed by atoms with Gasteiger partial charge in [-0.3, -0.25) is 4.79 Å². The van der Waals surface area contributed by atoms with Crippen LogP contribution >= 0.6 is 0 Å². The van der Waals surface area contributed by atoms with E-state index in [4.69, 9.17) is 4.52 Å². The van der Waals surface area contributed by atoms with Crippen LogP contribution < -0.4 is 5.32 Å². The van der Waals surface area contributed by atoms with E-state index in [1.54, 1.807) is 6.07 Å². The number of rotatable bonds is 4. The van der Waals surface area contributed by atoms with Crippen molar-refractivity contribution >= 4 is 5.91 Å². The fourth-order valence-corrected chi connectivity index (χ4v) is 2.80. The van der Waals surface area contributed by atoms with E-state index in [2.05, 4.69) is 10.5 Å². The third-order valence-electron chi connectivity index (χ3n) is 4.05. The maximum absolute atomic E-state index is 12.3. The second kappa shape index (κ2) is 5.69. The van der Waals surface area contributed by atoms with Crippen molar-refractivity contribution in [3.8, 4) is 11.3 Å². The summed E-state index contributed by atoms with van der Waals surface area (Å²) < 4.78 is 5.14. The summed E-state index contributed by atoms with van der Waals surface area (Å²) in [5.74, 6) is -0.144. The van der Waals surface area contributed by atoms with Gasteiger partial charge < -0.3 is 14.9 Å². The van der Waals surface area contributed by atoms with Crippen molar-refractivity contribution in [3.05, 3.63) is 42.2 Å². The number of hydrogen-bond acceptors (Lipinski definition) is 4. The summed E-state index contributed by atoms with van der Waals surface area (Å²) in [5, 5.41) is 16.4. The van der Waals surface area contributed by atoms with Gasteiger partial charge in [0, 0.05) is 11.6 Å². The van der Waals surface area contributed by atoms with Crippen molar-refractivity contribution < 1.29 is 14.4 Å². The molecule has 2 N–H and O–H groups in total. The number of nitrogens with zero attached hydrogens (tertiary/aromatic N) is 1. The molecule has 1 aliphatic carbocycles. The molecule has 0 aliphatic heterocycles. The number of aromatic nitrogens is 1. The number of aliphatic hydroxyl groups excluding tert-OH is 1. The Hall–Kier alpha value is -2.14. The van der Waals surface area contributed by atoms with Gasteiger partial charge in [-0.1, -0.05) is 48.3 Å². The van der Waals surface area contributed by atoms with Gasteiger partial charge in [-0.2, -0.15) is 0 Å². The van der Waals surface area contributed by atoms with E-state index >= 15 is 0 Å². The second-order valence-corrected chi connectivity index (χ2v) is 5.54. The van der Waals surface area contributed by atoms with Gasteiger partial charge in [-0.15, -0.1) is 0 Å². The molecule has 1 aromatic heterocycles. The highest BCUT2D eigenvalue weighted by molar-refractivity contribution is 5.93. The molecule has 0 bridgehead atoms. The third-order valence-corrected chi connectivity index (χ3v) is 4.05. The smallest absolute Gasteiger partial charge is 0.290 e. The van der Waals surface area contributed by atoms with Crippen molar-refractivity contribution in [1.82, 2.24) is 10.5 Å². The Bertz CT molecular complexity index is 615. The zero-order chi connectivity index (χ0) is 14.7. The van der Waals surface area contributed by atoms with Crippen LogP contribution in [0.1, 0.15) is 36.2 Å². The first-order chi connectivity index (χ1) is 10.2. The summed E-state index contributed by atoms with van der Waals surface area (Å²) in [5.41, 5.74) is 1.03. The second-order valence-electron chi connectivity index (χ2n) is 5.54. The molecule has 3 rings (SSSR count). The minimum atomic E-state index is -0.503. The Morgan fingerprint density at radius 3 is 2.67 bits per heavy atom. The average molecular weight is 286 g/mol. The number of nitrogens with one attached hydrogen (secondary N) is 1. The monoisotopic (exact) mass is 286 g/mol. The first kappa shape index (κ1) is 13.8. The molecule has 1 amide bonds. The van der Waals surface area contributed by atoms with Crippen molar-refractivity contribution in [2.45, 2.75) is 31.2 Å². The fraction of sp³-hybridized carbons (Fsp3) is 0.375. The summed E-state index contributed by atoms with van der Waals surface area (Å²) in [7, 11) is 0. The van der Waals surface area contributed by atoms with Crippen LogP contribution in [0, 0.1) is 0 Å². The van der Waals surface area contributed by atoms with Gasteiger partial charge in [0.2, 0.25) is 5.76 Å². The number of carbonyl (C=O) groups is 1. The van der Waals surface area contributed by atoms with Crippen molar-refractivity contribution in [2.75, 3.05) is 6.61 Å². The van der Waals surface area contributed by atoms with Gasteiger partial charge >= 0.3 is 0 Å². The number of hydrogen-bond donors (Lipinski definition) is 2.